The van der Waals surface area contributed by atoms with Crippen LogP contribution >= 0.6 is 12.2 Å². The number of para-hydroxylation sites is 1. The summed E-state index contributed by atoms with van der Waals surface area (Å²) in [5.41, 5.74) is 2.63. The van der Waals surface area contributed by atoms with Crippen molar-refractivity contribution in [2.75, 3.05) is 0 Å². The van der Waals surface area contributed by atoms with Gasteiger partial charge in [0.15, 0.2) is 4.77 Å². The number of fused-ring (bicyclic) bond motifs is 1. The van der Waals surface area contributed by atoms with Crippen LogP contribution in [-0.2, 0) is 6.54 Å². The summed E-state index contributed by atoms with van der Waals surface area (Å²) in [5.74, 6) is 0. The maximum atomic E-state index is 9.06. The highest BCUT2D eigenvalue weighted by Gasteiger charge is 2.15. The molecule has 0 atom stereocenters. The van der Waals surface area contributed by atoms with E-state index < -0.39 is 0 Å². The highest BCUT2D eigenvalue weighted by atomic mass is 32.1. The molecule has 1 heterocycles. The summed E-state index contributed by atoms with van der Waals surface area (Å²) in [6, 6.07) is 7.87. The Morgan fingerprint density at radius 2 is 2.12 bits per heavy atom. The molecule has 0 amide bonds. The zero-order valence-electron chi connectivity index (χ0n) is 10.2. The van der Waals surface area contributed by atoms with E-state index in [-0.39, 0.29) is 5.41 Å². The van der Waals surface area contributed by atoms with E-state index in [1.54, 1.807) is 6.07 Å². The van der Waals surface area contributed by atoms with E-state index in [1.807, 2.05) is 12.1 Å². The second-order valence-electron chi connectivity index (χ2n) is 5.39. The lowest BCUT2D eigenvalue weighted by Gasteiger charge is -2.19. The number of rotatable bonds is 1. The number of benzene rings is 1. The largest absolute Gasteiger partial charge is 0.329 e. The molecule has 0 radical (unpaired) electrons. The summed E-state index contributed by atoms with van der Waals surface area (Å²) in [5, 5.41) is 9.06. The molecule has 17 heavy (non-hydrogen) atoms. The number of nitrogens with one attached hydrogen (secondary N) is 1. The van der Waals surface area contributed by atoms with Crippen LogP contribution in [0.5, 0.6) is 0 Å². The standard InChI is InChI=1S/C13H15N3S/c1-13(2,3)8-16-10-6-4-5-9(7-14)11(10)15-12(16)17/h4-6H,8H2,1-3H3,(H,15,17). The molecule has 88 valence electrons. The zero-order valence-corrected chi connectivity index (χ0v) is 11.1. The van der Waals surface area contributed by atoms with Crippen molar-refractivity contribution in [3.63, 3.8) is 0 Å². The summed E-state index contributed by atoms with van der Waals surface area (Å²) >= 11 is 5.33. The molecule has 0 unspecified atom stereocenters. The molecule has 0 aliphatic carbocycles. The fraction of sp³-hybridized carbons (Fsp3) is 0.385. The first-order chi connectivity index (χ1) is 7.92. The summed E-state index contributed by atoms with van der Waals surface area (Å²) in [6.45, 7) is 7.34. The lowest BCUT2D eigenvalue weighted by atomic mass is 9.97. The quantitative estimate of drug-likeness (QED) is 0.780. The SMILES string of the molecule is CC(C)(C)Cn1c(=S)[nH]c2c(C#N)cccc21. The van der Waals surface area contributed by atoms with Crippen molar-refractivity contribution < 1.29 is 0 Å². The molecule has 2 rings (SSSR count). The smallest absolute Gasteiger partial charge is 0.178 e. The number of hydrogen-bond acceptors (Lipinski definition) is 2. The van der Waals surface area contributed by atoms with Crippen molar-refractivity contribution in [3.8, 4) is 6.07 Å². The van der Waals surface area contributed by atoms with E-state index in [0.29, 0.717) is 10.3 Å². The van der Waals surface area contributed by atoms with Gasteiger partial charge in [-0.25, -0.2) is 0 Å². The van der Waals surface area contributed by atoms with Gasteiger partial charge in [-0.05, 0) is 29.8 Å². The molecule has 0 bridgehead atoms. The van der Waals surface area contributed by atoms with Gasteiger partial charge in [-0.15, -0.1) is 0 Å². The first kappa shape index (κ1) is 11.9. The average Bonchev–Trinajstić information content (AvgIpc) is 2.53. The Labute approximate surface area is 106 Å². The molecule has 4 heteroatoms. The topological polar surface area (TPSA) is 44.5 Å². The van der Waals surface area contributed by atoms with Gasteiger partial charge in [0.2, 0.25) is 0 Å². The zero-order chi connectivity index (χ0) is 12.6. The predicted molar refractivity (Wildman–Crippen MR) is 71.3 cm³/mol. The number of hydrogen-bond donors (Lipinski definition) is 1. The molecule has 0 aliphatic rings. The van der Waals surface area contributed by atoms with Crippen LogP contribution in [0.1, 0.15) is 26.3 Å². The second kappa shape index (κ2) is 4.01. The number of imidazole rings is 1. The third-order valence-electron chi connectivity index (χ3n) is 2.56. The van der Waals surface area contributed by atoms with E-state index in [0.717, 1.165) is 17.6 Å². The van der Waals surface area contributed by atoms with Crippen molar-refractivity contribution in [1.82, 2.24) is 9.55 Å². The van der Waals surface area contributed by atoms with Crippen LogP contribution in [0.25, 0.3) is 11.0 Å². The molecule has 0 saturated heterocycles. The van der Waals surface area contributed by atoms with Crippen LogP contribution in [0.2, 0.25) is 0 Å². The third-order valence-corrected chi connectivity index (χ3v) is 2.89. The Morgan fingerprint density at radius 1 is 1.41 bits per heavy atom. The van der Waals surface area contributed by atoms with Gasteiger partial charge in [0.05, 0.1) is 16.6 Å². The van der Waals surface area contributed by atoms with Crippen LogP contribution in [0.4, 0.5) is 0 Å². The van der Waals surface area contributed by atoms with Crippen molar-refractivity contribution in [2.24, 2.45) is 5.41 Å². The Hall–Kier alpha value is -1.60. The molecule has 0 saturated carbocycles. The van der Waals surface area contributed by atoms with Gasteiger partial charge in [-0.3, -0.25) is 0 Å². The highest BCUT2D eigenvalue weighted by molar-refractivity contribution is 7.71. The van der Waals surface area contributed by atoms with Crippen LogP contribution in [0.3, 0.4) is 0 Å². The molecule has 0 fully saturated rings. The highest BCUT2D eigenvalue weighted by Crippen LogP contribution is 2.23. The Kier molecular flexibility index (Phi) is 2.80. The Bertz CT molecular complexity index is 650. The summed E-state index contributed by atoms with van der Waals surface area (Å²) in [4.78, 5) is 3.12. The van der Waals surface area contributed by atoms with Gasteiger partial charge in [-0.1, -0.05) is 26.8 Å². The van der Waals surface area contributed by atoms with E-state index in [9.17, 15) is 0 Å². The van der Waals surface area contributed by atoms with Gasteiger partial charge in [0, 0.05) is 6.54 Å². The Morgan fingerprint density at radius 3 is 2.71 bits per heavy atom. The predicted octanol–water partition coefficient (Wildman–Crippen LogP) is 3.62. The number of aromatic nitrogens is 2. The third kappa shape index (κ3) is 2.25. The summed E-state index contributed by atoms with van der Waals surface area (Å²) < 4.78 is 2.74. The lowest BCUT2D eigenvalue weighted by Crippen LogP contribution is -2.15. The fourth-order valence-corrected chi connectivity index (χ4v) is 2.17. The van der Waals surface area contributed by atoms with Crippen LogP contribution in [0, 0.1) is 21.5 Å². The minimum absolute atomic E-state index is 0.149. The van der Waals surface area contributed by atoms with E-state index in [2.05, 4.69) is 36.4 Å². The molecular weight excluding hydrogens is 230 g/mol. The second-order valence-corrected chi connectivity index (χ2v) is 5.78. The molecular formula is C13H15N3S. The van der Waals surface area contributed by atoms with Gasteiger partial charge in [0.25, 0.3) is 0 Å². The summed E-state index contributed by atoms with van der Waals surface area (Å²) in [6.07, 6.45) is 0. The number of nitrogens with zero attached hydrogens (tertiary/aromatic N) is 2. The van der Waals surface area contributed by atoms with E-state index in [4.69, 9.17) is 17.5 Å². The maximum Gasteiger partial charge on any atom is 0.178 e. The molecule has 0 aliphatic heterocycles. The first-order valence-corrected chi connectivity index (χ1v) is 5.95. The molecule has 1 N–H and O–H groups in total. The minimum Gasteiger partial charge on any atom is -0.329 e. The van der Waals surface area contributed by atoms with Crippen LogP contribution in [-0.4, -0.2) is 9.55 Å². The van der Waals surface area contributed by atoms with Crippen molar-refractivity contribution in [3.05, 3.63) is 28.5 Å². The number of H-pyrrole nitrogens is 1. The van der Waals surface area contributed by atoms with Gasteiger partial charge in [0.1, 0.15) is 6.07 Å². The molecule has 1 aromatic heterocycles. The molecule has 0 spiro atoms. The van der Waals surface area contributed by atoms with E-state index in [1.165, 1.54) is 0 Å². The summed E-state index contributed by atoms with van der Waals surface area (Å²) in [7, 11) is 0. The lowest BCUT2D eigenvalue weighted by molar-refractivity contribution is 0.346. The van der Waals surface area contributed by atoms with Crippen molar-refractivity contribution in [1.29, 1.82) is 5.26 Å². The number of aromatic amines is 1. The van der Waals surface area contributed by atoms with E-state index >= 15 is 0 Å². The van der Waals surface area contributed by atoms with Gasteiger partial charge < -0.3 is 9.55 Å². The monoisotopic (exact) mass is 245 g/mol. The normalized spacial score (nSPS) is 11.6. The number of nitriles is 1. The first-order valence-electron chi connectivity index (χ1n) is 5.54. The molecule has 3 nitrogen and oxygen atoms in total. The molecule has 2 aromatic rings. The minimum atomic E-state index is 0.149. The van der Waals surface area contributed by atoms with Gasteiger partial charge >= 0.3 is 0 Å². The van der Waals surface area contributed by atoms with Gasteiger partial charge in [-0.2, -0.15) is 5.26 Å². The van der Waals surface area contributed by atoms with Crippen LogP contribution in [0.15, 0.2) is 18.2 Å². The van der Waals surface area contributed by atoms with Crippen molar-refractivity contribution >= 4 is 23.3 Å². The molecule has 1 aromatic carbocycles. The fourth-order valence-electron chi connectivity index (χ4n) is 1.90. The Balaban J connectivity index is 2.70. The van der Waals surface area contributed by atoms with Crippen molar-refractivity contribution in [2.45, 2.75) is 27.3 Å². The van der Waals surface area contributed by atoms with Crippen LogP contribution < -0.4 is 0 Å². The average molecular weight is 245 g/mol. The maximum absolute atomic E-state index is 9.06.